The van der Waals surface area contributed by atoms with Gasteiger partial charge in [0.15, 0.2) is 0 Å². The van der Waals surface area contributed by atoms with Gasteiger partial charge in [0, 0.05) is 32.4 Å². The van der Waals surface area contributed by atoms with E-state index < -0.39 is 0 Å². The Morgan fingerprint density at radius 2 is 2.08 bits per heavy atom. The molecule has 0 unspecified atom stereocenters. The van der Waals surface area contributed by atoms with Gasteiger partial charge < -0.3 is 14.4 Å². The summed E-state index contributed by atoms with van der Waals surface area (Å²) in [6.07, 6.45) is 4.37. The first kappa shape index (κ1) is 17.2. The van der Waals surface area contributed by atoms with Gasteiger partial charge in [-0.3, -0.25) is 4.90 Å². The standard InChI is InChI=1S/C20H26N4O2/c1-25-17-6-4-5-16(13-17)14-24-11-12-26-15-18(24)20-21-8-7-19(22-20)23-9-2-3-10-23/h4-8,13,18H,2-3,9-12,14-15H2,1H3/t18-/m1/s1. The molecule has 26 heavy (non-hydrogen) atoms. The van der Waals surface area contributed by atoms with Gasteiger partial charge in [-0.1, -0.05) is 12.1 Å². The molecule has 0 aliphatic carbocycles. The molecular formula is C20H26N4O2. The van der Waals surface area contributed by atoms with Crippen LogP contribution in [0.2, 0.25) is 0 Å². The Morgan fingerprint density at radius 3 is 2.92 bits per heavy atom. The highest BCUT2D eigenvalue weighted by Gasteiger charge is 2.28. The number of morpholine rings is 1. The van der Waals surface area contributed by atoms with Gasteiger partial charge in [-0.05, 0) is 36.6 Å². The van der Waals surface area contributed by atoms with Gasteiger partial charge in [-0.25, -0.2) is 9.97 Å². The first-order chi connectivity index (χ1) is 12.8. The molecule has 0 radical (unpaired) electrons. The minimum atomic E-state index is 0.0810. The molecule has 6 nitrogen and oxygen atoms in total. The fourth-order valence-electron chi connectivity index (χ4n) is 3.72. The van der Waals surface area contributed by atoms with Crippen molar-refractivity contribution in [2.45, 2.75) is 25.4 Å². The summed E-state index contributed by atoms with van der Waals surface area (Å²) < 4.78 is 11.1. The maximum atomic E-state index is 5.75. The van der Waals surface area contributed by atoms with E-state index in [2.05, 4.69) is 26.9 Å². The van der Waals surface area contributed by atoms with E-state index in [1.54, 1.807) is 7.11 Å². The number of aromatic nitrogens is 2. The molecule has 0 N–H and O–H groups in total. The van der Waals surface area contributed by atoms with Crippen molar-refractivity contribution >= 4 is 5.82 Å². The third-order valence-corrected chi connectivity index (χ3v) is 5.15. The van der Waals surface area contributed by atoms with Gasteiger partial charge in [0.1, 0.15) is 17.4 Å². The summed E-state index contributed by atoms with van der Waals surface area (Å²) >= 11 is 0. The second kappa shape index (κ2) is 8.01. The van der Waals surface area contributed by atoms with Crippen LogP contribution >= 0.6 is 0 Å². The summed E-state index contributed by atoms with van der Waals surface area (Å²) in [7, 11) is 1.70. The lowest BCUT2D eigenvalue weighted by Gasteiger charge is -2.34. The lowest BCUT2D eigenvalue weighted by Crippen LogP contribution is -2.40. The van der Waals surface area contributed by atoms with Crippen molar-refractivity contribution in [2.24, 2.45) is 0 Å². The van der Waals surface area contributed by atoms with Crippen molar-refractivity contribution in [3.05, 3.63) is 47.9 Å². The third-order valence-electron chi connectivity index (χ3n) is 5.15. The SMILES string of the molecule is COc1cccc(CN2CCOC[C@@H]2c2nccc(N3CCCC3)n2)c1. The predicted molar refractivity (Wildman–Crippen MR) is 100 cm³/mol. The second-order valence-corrected chi connectivity index (χ2v) is 6.88. The molecule has 138 valence electrons. The predicted octanol–water partition coefficient (Wildman–Crippen LogP) is 2.66. The number of ether oxygens (including phenoxy) is 2. The average molecular weight is 354 g/mol. The molecule has 2 aliphatic rings. The zero-order valence-electron chi connectivity index (χ0n) is 15.3. The minimum Gasteiger partial charge on any atom is -0.497 e. The Labute approximate surface area is 154 Å². The Balaban J connectivity index is 1.54. The van der Waals surface area contributed by atoms with Crippen LogP contribution in [-0.2, 0) is 11.3 Å². The van der Waals surface area contributed by atoms with E-state index in [-0.39, 0.29) is 6.04 Å². The van der Waals surface area contributed by atoms with Crippen molar-refractivity contribution in [3.8, 4) is 5.75 Å². The van der Waals surface area contributed by atoms with Gasteiger partial charge in [0.2, 0.25) is 0 Å². The number of hydrogen-bond acceptors (Lipinski definition) is 6. The molecule has 0 amide bonds. The summed E-state index contributed by atoms with van der Waals surface area (Å²) in [5, 5.41) is 0. The summed E-state index contributed by atoms with van der Waals surface area (Å²) in [6, 6.07) is 10.3. The fourth-order valence-corrected chi connectivity index (χ4v) is 3.72. The van der Waals surface area contributed by atoms with Gasteiger partial charge in [0.25, 0.3) is 0 Å². The summed E-state index contributed by atoms with van der Waals surface area (Å²) in [5.41, 5.74) is 1.23. The van der Waals surface area contributed by atoms with Crippen LogP contribution in [-0.4, -0.2) is 54.8 Å². The van der Waals surface area contributed by atoms with E-state index in [1.807, 2.05) is 24.4 Å². The van der Waals surface area contributed by atoms with E-state index in [4.69, 9.17) is 14.5 Å². The van der Waals surface area contributed by atoms with Crippen LogP contribution in [0.25, 0.3) is 0 Å². The molecule has 0 saturated carbocycles. The molecule has 1 aromatic carbocycles. The largest absolute Gasteiger partial charge is 0.497 e. The first-order valence-corrected chi connectivity index (χ1v) is 9.36. The summed E-state index contributed by atoms with van der Waals surface area (Å²) in [5.74, 6) is 2.79. The van der Waals surface area contributed by atoms with Crippen LogP contribution in [0, 0.1) is 0 Å². The number of rotatable bonds is 5. The topological polar surface area (TPSA) is 50.7 Å². The number of methoxy groups -OCH3 is 1. The lowest BCUT2D eigenvalue weighted by atomic mass is 10.1. The Kier molecular flexibility index (Phi) is 5.32. The number of nitrogens with zero attached hydrogens (tertiary/aromatic N) is 4. The molecule has 2 saturated heterocycles. The highest BCUT2D eigenvalue weighted by Crippen LogP contribution is 2.26. The number of anilines is 1. The van der Waals surface area contributed by atoms with E-state index in [9.17, 15) is 0 Å². The maximum absolute atomic E-state index is 5.75. The van der Waals surface area contributed by atoms with Gasteiger partial charge in [-0.2, -0.15) is 0 Å². The van der Waals surface area contributed by atoms with E-state index >= 15 is 0 Å². The molecule has 2 fully saturated rings. The monoisotopic (exact) mass is 354 g/mol. The van der Waals surface area contributed by atoms with E-state index in [1.165, 1.54) is 18.4 Å². The van der Waals surface area contributed by atoms with Gasteiger partial charge >= 0.3 is 0 Å². The summed E-state index contributed by atoms with van der Waals surface area (Å²) in [6.45, 7) is 5.26. The molecule has 4 rings (SSSR count). The number of hydrogen-bond donors (Lipinski definition) is 0. The zero-order chi connectivity index (χ0) is 17.8. The van der Waals surface area contributed by atoms with Crippen LogP contribution in [0.4, 0.5) is 5.82 Å². The molecular weight excluding hydrogens is 328 g/mol. The van der Waals surface area contributed by atoms with Crippen molar-refractivity contribution in [1.29, 1.82) is 0 Å². The summed E-state index contributed by atoms with van der Waals surface area (Å²) in [4.78, 5) is 14.2. The van der Waals surface area contributed by atoms with Crippen molar-refractivity contribution in [3.63, 3.8) is 0 Å². The number of benzene rings is 1. The van der Waals surface area contributed by atoms with Crippen LogP contribution in [0.1, 0.15) is 30.3 Å². The van der Waals surface area contributed by atoms with E-state index in [0.717, 1.165) is 50.2 Å². The maximum Gasteiger partial charge on any atom is 0.150 e. The van der Waals surface area contributed by atoms with Gasteiger partial charge in [-0.15, -0.1) is 0 Å². The fraction of sp³-hybridized carbons (Fsp3) is 0.500. The van der Waals surface area contributed by atoms with Crippen LogP contribution in [0.15, 0.2) is 36.5 Å². The third kappa shape index (κ3) is 3.81. The van der Waals surface area contributed by atoms with E-state index in [0.29, 0.717) is 6.61 Å². The van der Waals surface area contributed by atoms with Crippen molar-refractivity contribution in [1.82, 2.24) is 14.9 Å². The smallest absolute Gasteiger partial charge is 0.150 e. The van der Waals surface area contributed by atoms with Crippen LogP contribution < -0.4 is 9.64 Å². The Morgan fingerprint density at radius 1 is 1.19 bits per heavy atom. The highest BCUT2D eigenvalue weighted by atomic mass is 16.5. The molecule has 1 atom stereocenters. The molecule has 2 aromatic rings. The highest BCUT2D eigenvalue weighted by molar-refractivity contribution is 5.38. The molecule has 2 aliphatic heterocycles. The average Bonchev–Trinajstić information content (AvgIpc) is 3.24. The first-order valence-electron chi connectivity index (χ1n) is 9.36. The molecule has 1 aromatic heterocycles. The van der Waals surface area contributed by atoms with Crippen molar-refractivity contribution in [2.75, 3.05) is 44.9 Å². The van der Waals surface area contributed by atoms with Crippen LogP contribution in [0.5, 0.6) is 5.75 Å². The van der Waals surface area contributed by atoms with Crippen LogP contribution in [0.3, 0.4) is 0 Å². The van der Waals surface area contributed by atoms with Crippen molar-refractivity contribution < 1.29 is 9.47 Å². The molecule has 6 heteroatoms. The normalized spacial score (nSPS) is 21.1. The lowest BCUT2D eigenvalue weighted by molar-refractivity contribution is -0.0159. The molecule has 0 spiro atoms. The van der Waals surface area contributed by atoms with Gasteiger partial charge in [0.05, 0.1) is 26.4 Å². The zero-order valence-corrected chi connectivity index (χ0v) is 15.3. The Hall–Kier alpha value is -2.18. The second-order valence-electron chi connectivity index (χ2n) is 6.88. The molecule has 0 bridgehead atoms. The minimum absolute atomic E-state index is 0.0810. The Bertz CT molecular complexity index is 733. The molecule has 3 heterocycles. The quantitative estimate of drug-likeness (QED) is 0.823.